The molecule has 3 rings (SSSR count). The molecule has 154 valence electrons. The average Bonchev–Trinajstić information content (AvgIpc) is 2.97. The second-order valence-electron chi connectivity index (χ2n) is 6.52. The van der Waals surface area contributed by atoms with Crippen LogP contribution in [0, 0.1) is 0 Å². The minimum Gasteiger partial charge on any atom is -0.394 e. The highest BCUT2D eigenvalue weighted by atomic mass is 32.2. The van der Waals surface area contributed by atoms with Crippen LogP contribution in [0.25, 0.3) is 11.7 Å². The van der Waals surface area contributed by atoms with Crippen LogP contribution in [0.2, 0.25) is 0 Å². The number of nitrogens with zero attached hydrogens (tertiary/aromatic N) is 3. The number of ether oxygens (including phenoxy) is 1. The summed E-state index contributed by atoms with van der Waals surface area (Å²) in [6.45, 7) is 4.69. The van der Waals surface area contributed by atoms with Gasteiger partial charge in [0, 0.05) is 18.8 Å². The number of aliphatic hydroxyl groups is 1. The Morgan fingerprint density at radius 2 is 2.14 bits per heavy atom. The van der Waals surface area contributed by atoms with Crippen LogP contribution in [0.4, 0.5) is 5.82 Å². The summed E-state index contributed by atoms with van der Waals surface area (Å²) in [5, 5.41) is 11.9. The van der Waals surface area contributed by atoms with Crippen LogP contribution >= 0.6 is 24.0 Å². The first-order valence-electron chi connectivity index (χ1n) is 9.15. The summed E-state index contributed by atoms with van der Waals surface area (Å²) in [7, 11) is 0. The van der Waals surface area contributed by atoms with E-state index < -0.39 is 0 Å². The number of thiocarbonyl (C=S) groups is 1. The lowest BCUT2D eigenvalue weighted by Crippen LogP contribution is -2.34. The fourth-order valence-corrected chi connectivity index (χ4v) is 4.34. The van der Waals surface area contributed by atoms with E-state index in [4.69, 9.17) is 22.1 Å². The first-order valence-corrected chi connectivity index (χ1v) is 10.4. The number of carbonyl (C=O) groups excluding carboxylic acids is 1. The molecule has 0 atom stereocenters. The van der Waals surface area contributed by atoms with Gasteiger partial charge in [0.2, 0.25) is 0 Å². The molecule has 8 nitrogen and oxygen atoms in total. The van der Waals surface area contributed by atoms with E-state index in [0.29, 0.717) is 33.8 Å². The van der Waals surface area contributed by atoms with E-state index in [1.807, 2.05) is 13.8 Å². The number of hydrogen-bond acceptors (Lipinski definition) is 8. The van der Waals surface area contributed by atoms with Gasteiger partial charge in [0.1, 0.15) is 15.8 Å². The Kier molecular flexibility index (Phi) is 7.01. The van der Waals surface area contributed by atoms with E-state index in [1.54, 1.807) is 30.5 Å². The topological polar surface area (TPSA) is 96.2 Å². The summed E-state index contributed by atoms with van der Waals surface area (Å²) in [5.74, 6) is 0.147. The van der Waals surface area contributed by atoms with E-state index in [2.05, 4.69) is 10.3 Å². The number of hydrogen-bond donors (Lipinski definition) is 2. The molecule has 1 amide bonds. The highest BCUT2D eigenvalue weighted by Crippen LogP contribution is 2.34. The summed E-state index contributed by atoms with van der Waals surface area (Å²) < 4.78 is 7.15. The zero-order valence-corrected chi connectivity index (χ0v) is 17.8. The predicted molar refractivity (Wildman–Crippen MR) is 118 cm³/mol. The number of amides is 1. The molecule has 0 radical (unpaired) electrons. The van der Waals surface area contributed by atoms with Gasteiger partial charge in [0.15, 0.2) is 0 Å². The molecule has 29 heavy (non-hydrogen) atoms. The van der Waals surface area contributed by atoms with Crippen LogP contribution in [0.1, 0.15) is 19.4 Å². The normalized spacial score (nSPS) is 15.9. The summed E-state index contributed by atoms with van der Waals surface area (Å²) in [6, 6.07) is 5.21. The molecule has 2 N–H and O–H groups in total. The largest absolute Gasteiger partial charge is 0.394 e. The fourth-order valence-electron chi connectivity index (χ4n) is 2.83. The van der Waals surface area contributed by atoms with Crippen molar-refractivity contribution in [3.63, 3.8) is 0 Å². The molecular weight excluding hydrogens is 412 g/mol. The number of nitrogens with one attached hydrogen (secondary N) is 1. The van der Waals surface area contributed by atoms with Gasteiger partial charge in [-0.05, 0) is 32.1 Å². The molecule has 10 heteroatoms. The Hall–Kier alpha value is -2.27. The lowest BCUT2D eigenvalue weighted by Gasteiger charge is -2.18. The molecule has 1 aliphatic rings. The summed E-state index contributed by atoms with van der Waals surface area (Å²) in [4.78, 5) is 32.3. The first-order chi connectivity index (χ1) is 13.9. The maximum absolute atomic E-state index is 13.1. The predicted octanol–water partition coefficient (Wildman–Crippen LogP) is 1.72. The van der Waals surface area contributed by atoms with Crippen LogP contribution in [-0.4, -0.2) is 62.0 Å². The molecule has 0 unspecified atom stereocenters. The smallest absolute Gasteiger partial charge is 0.267 e. The Bertz CT molecular complexity index is 1020. The van der Waals surface area contributed by atoms with Gasteiger partial charge in [-0.15, -0.1) is 0 Å². The third-order valence-electron chi connectivity index (χ3n) is 4.16. The molecule has 0 bridgehead atoms. The highest BCUT2D eigenvalue weighted by Gasteiger charge is 2.34. The lowest BCUT2D eigenvalue weighted by atomic mass is 10.2. The number of fused-ring (bicyclic) bond motifs is 1. The molecule has 0 spiro atoms. The second kappa shape index (κ2) is 9.49. The van der Waals surface area contributed by atoms with Crippen LogP contribution in [-0.2, 0) is 9.53 Å². The van der Waals surface area contributed by atoms with Gasteiger partial charge in [-0.2, -0.15) is 0 Å². The van der Waals surface area contributed by atoms with Crippen molar-refractivity contribution in [2.45, 2.75) is 19.9 Å². The van der Waals surface area contributed by atoms with Gasteiger partial charge in [-0.25, -0.2) is 4.98 Å². The number of thioether (sulfide) groups is 1. The number of carbonyl (C=O) groups is 1. The molecular formula is C19H22N4O4S2. The van der Waals surface area contributed by atoms with Crippen molar-refractivity contribution < 1.29 is 14.6 Å². The molecule has 1 fully saturated rings. The Labute approximate surface area is 177 Å². The Balaban J connectivity index is 2.00. The fraction of sp³-hybridized carbons (Fsp3) is 0.368. The molecule has 0 saturated carbocycles. The SMILES string of the molecule is CC(C)N1C(=O)C(=Cc2c(NCCOCCO)nc3ccccn3c2=O)SC1=S. The number of rotatable bonds is 8. The Morgan fingerprint density at radius 1 is 1.34 bits per heavy atom. The van der Waals surface area contributed by atoms with Gasteiger partial charge in [-0.1, -0.05) is 30.0 Å². The van der Waals surface area contributed by atoms with Gasteiger partial charge < -0.3 is 15.2 Å². The summed E-state index contributed by atoms with van der Waals surface area (Å²) in [6.07, 6.45) is 3.18. The van der Waals surface area contributed by atoms with E-state index in [9.17, 15) is 9.59 Å². The summed E-state index contributed by atoms with van der Waals surface area (Å²) >= 11 is 6.49. The maximum atomic E-state index is 13.1. The highest BCUT2D eigenvalue weighted by molar-refractivity contribution is 8.26. The van der Waals surface area contributed by atoms with E-state index in [-0.39, 0.29) is 36.3 Å². The van der Waals surface area contributed by atoms with E-state index >= 15 is 0 Å². The quantitative estimate of drug-likeness (QED) is 0.368. The van der Waals surface area contributed by atoms with E-state index in [1.165, 1.54) is 21.1 Å². The molecule has 1 saturated heterocycles. The van der Waals surface area contributed by atoms with Crippen molar-refractivity contribution in [1.82, 2.24) is 14.3 Å². The van der Waals surface area contributed by atoms with Crippen LogP contribution in [0.5, 0.6) is 0 Å². The average molecular weight is 435 g/mol. The molecule has 0 aromatic carbocycles. The Morgan fingerprint density at radius 3 is 2.83 bits per heavy atom. The molecule has 1 aliphatic heterocycles. The second-order valence-corrected chi connectivity index (χ2v) is 8.19. The molecule has 3 heterocycles. The van der Waals surface area contributed by atoms with E-state index in [0.717, 1.165) is 0 Å². The summed E-state index contributed by atoms with van der Waals surface area (Å²) in [5.41, 5.74) is 0.479. The number of aliphatic hydroxyl groups excluding tert-OH is 1. The molecule has 2 aromatic heterocycles. The van der Waals surface area contributed by atoms with Crippen molar-refractivity contribution in [1.29, 1.82) is 0 Å². The number of pyridine rings is 1. The monoisotopic (exact) mass is 434 g/mol. The molecule has 2 aromatic rings. The van der Waals surface area contributed by atoms with Gasteiger partial charge >= 0.3 is 0 Å². The minimum atomic E-state index is -0.288. The van der Waals surface area contributed by atoms with Crippen LogP contribution < -0.4 is 10.9 Å². The van der Waals surface area contributed by atoms with Crippen molar-refractivity contribution in [3.05, 3.63) is 45.2 Å². The number of aromatic nitrogens is 2. The van der Waals surface area contributed by atoms with Gasteiger partial charge in [-0.3, -0.25) is 18.9 Å². The van der Waals surface area contributed by atoms with Gasteiger partial charge in [0.05, 0.1) is 30.3 Å². The molecule has 0 aliphatic carbocycles. The zero-order chi connectivity index (χ0) is 21.0. The van der Waals surface area contributed by atoms with Crippen molar-refractivity contribution in [2.75, 3.05) is 31.7 Å². The van der Waals surface area contributed by atoms with Gasteiger partial charge in [0.25, 0.3) is 11.5 Å². The van der Waals surface area contributed by atoms with Crippen molar-refractivity contribution >= 4 is 51.7 Å². The maximum Gasteiger partial charge on any atom is 0.267 e. The van der Waals surface area contributed by atoms with Crippen LogP contribution in [0.3, 0.4) is 0 Å². The third kappa shape index (κ3) is 4.67. The van der Waals surface area contributed by atoms with Crippen LogP contribution in [0.15, 0.2) is 34.1 Å². The van der Waals surface area contributed by atoms with Crippen molar-refractivity contribution in [3.8, 4) is 0 Å². The lowest BCUT2D eigenvalue weighted by molar-refractivity contribution is -0.123. The minimum absolute atomic E-state index is 0.0570. The first kappa shape index (κ1) is 21.4. The zero-order valence-electron chi connectivity index (χ0n) is 16.1. The number of anilines is 1. The third-order valence-corrected chi connectivity index (χ3v) is 5.49. The standard InChI is InChI=1S/C19H22N4O4S2/c1-12(2)23-18(26)14(29-19(23)28)11-13-16(20-6-9-27-10-8-24)21-15-5-3-4-7-22(15)17(13)25/h3-5,7,11-12,20,24H,6,8-10H2,1-2H3. The van der Waals surface area contributed by atoms with Crippen molar-refractivity contribution in [2.24, 2.45) is 0 Å².